The Kier molecular flexibility index (Phi) is 5.89. The fourth-order valence-corrected chi connectivity index (χ4v) is 4.38. The summed E-state index contributed by atoms with van der Waals surface area (Å²) < 4.78 is 69.5. The molecule has 0 saturated carbocycles. The molecular weight excluding hydrogens is 439 g/mol. The van der Waals surface area contributed by atoms with E-state index < -0.39 is 30.9 Å². The zero-order valence-corrected chi connectivity index (χ0v) is 16.6. The predicted molar refractivity (Wildman–Crippen MR) is 108 cm³/mol. The van der Waals surface area contributed by atoms with Crippen molar-refractivity contribution in [2.75, 3.05) is 13.1 Å². The average Bonchev–Trinajstić information content (AvgIpc) is 2.73. The van der Waals surface area contributed by atoms with Gasteiger partial charge in [0.2, 0.25) is 0 Å². The van der Waals surface area contributed by atoms with Crippen LogP contribution in [0.4, 0.5) is 24.5 Å². The van der Waals surface area contributed by atoms with Gasteiger partial charge in [0.25, 0.3) is 5.69 Å². The van der Waals surface area contributed by atoms with Crippen molar-refractivity contribution in [1.29, 1.82) is 0 Å². The SMILES string of the molecule is NCC1=C[N+](c2ccc(Oc3ccc([N+](=O)[O-])cc3)cc2)(S(=O)(=O)C(F)(F)F)CC=C1. The Labute approximate surface area is 175 Å². The van der Waals surface area contributed by atoms with Crippen LogP contribution in [0.2, 0.25) is 0 Å². The van der Waals surface area contributed by atoms with E-state index in [1.54, 1.807) is 0 Å². The van der Waals surface area contributed by atoms with Crippen molar-refractivity contribution in [3.8, 4) is 11.5 Å². The van der Waals surface area contributed by atoms with Crippen molar-refractivity contribution in [3.05, 3.63) is 82.6 Å². The Morgan fingerprint density at radius 1 is 1.06 bits per heavy atom. The van der Waals surface area contributed by atoms with Crippen molar-refractivity contribution in [3.63, 3.8) is 0 Å². The summed E-state index contributed by atoms with van der Waals surface area (Å²) in [6.07, 6.45) is 3.79. The van der Waals surface area contributed by atoms with Crippen molar-refractivity contribution in [2.24, 2.45) is 5.73 Å². The second kappa shape index (κ2) is 8.13. The van der Waals surface area contributed by atoms with E-state index >= 15 is 0 Å². The molecule has 0 saturated heterocycles. The number of nitro groups is 1. The van der Waals surface area contributed by atoms with Gasteiger partial charge in [-0.2, -0.15) is 21.6 Å². The smallest absolute Gasteiger partial charge is 0.457 e. The molecular formula is C19H17F3N3O5S+. The molecule has 0 fully saturated rings. The molecule has 164 valence electrons. The van der Waals surface area contributed by atoms with Gasteiger partial charge in [-0.3, -0.25) is 10.1 Å². The van der Waals surface area contributed by atoms with Crippen LogP contribution in [0, 0.1) is 10.1 Å². The first kappa shape index (κ1) is 22.5. The van der Waals surface area contributed by atoms with Gasteiger partial charge in [-0.15, -0.1) is 3.89 Å². The third kappa shape index (κ3) is 4.17. The van der Waals surface area contributed by atoms with Crippen LogP contribution >= 0.6 is 0 Å². The molecule has 2 aromatic rings. The molecule has 12 heteroatoms. The van der Waals surface area contributed by atoms with Crippen LogP contribution in [0.25, 0.3) is 0 Å². The topological polar surface area (TPSA) is 113 Å². The van der Waals surface area contributed by atoms with Crippen molar-refractivity contribution < 1.29 is 31.2 Å². The monoisotopic (exact) mass is 456 g/mol. The second-order valence-corrected chi connectivity index (χ2v) is 8.62. The van der Waals surface area contributed by atoms with Gasteiger partial charge >= 0.3 is 15.5 Å². The van der Waals surface area contributed by atoms with Crippen LogP contribution in [0.5, 0.6) is 11.5 Å². The number of halogens is 3. The molecule has 8 nitrogen and oxygen atoms in total. The van der Waals surface area contributed by atoms with E-state index in [1.165, 1.54) is 60.7 Å². The number of nitrogens with two attached hydrogens (primary N) is 1. The maximum absolute atomic E-state index is 13.5. The summed E-state index contributed by atoms with van der Waals surface area (Å²) in [6, 6.07) is 10.3. The lowest BCUT2D eigenvalue weighted by Gasteiger charge is -2.34. The summed E-state index contributed by atoms with van der Waals surface area (Å²) in [6.45, 7) is -0.598. The lowest BCUT2D eigenvalue weighted by molar-refractivity contribution is -0.384. The van der Waals surface area contributed by atoms with E-state index in [0.717, 1.165) is 6.20 Å². The van der Waals surface area contributed by atoms with Crippen LogP contribution in [0.3, 0.4) is 0 Å². The van der Waals surface area contributed by atoms with Gasteiger partial charge in [-0.1, -0.05) is 6.08 Å². The van der Waals surface area contributed by atoms with Gasteiger partial charge in [-0.05, 0) is 30.3 Å². The molecule has 1 aliphatic heterocycles. The van der Waals surface area contributed by atoms with Gasteiger partial charge in [-0.25, -0.2) is 0 Å². The van der Waals surface area contributed by atoms with Crippen molar-refractivity contribution in [1.82, 2.24) is 3.89 Å². The van der Waals surface area contributed by atoms with Gasteiger partial charge in [0, 0.05) is 36.4 Å². The van der Waals surface area contributed by atoms with Crippen molar-refractivity contribution in [2.45, 2.75) is 5.51 Å². The summed E-state index contributed by atoms with van der Waals surface area (Å²) in [4.78, 5) is 10.1. The largest absolute Gasteiger partial charge is 0.550 e. The first-order valence-electron chi connectivity index (χ1n) is 8.81. The van der Waals surface area contributed by atoms with Crippen LogP contribution in [0.15, 0.2) is 72.5 Å². The fraction of sp³-hybridized carbons (Fsp3) is 0.158. The highest BCUT2D eigenvalue weighted by atomic mass is 32.2. The lowest BCUT2D eigenvalue weighted by Crippen LogP contribution is -2.56. The molecule has 1 aliphatic rings. The molecule has 1 atom stereocenters. The summed E-state index contributed by atoms with van der Waals surface area (Å²) >= 11 is 0. The number of benzene rings is 2. The molecule has 3 rings (SSSR count). The fourth-order valence-electron chi connectivity index (χ4n) is 3.05. The number of quaternary nitrogens is 1. The number of nitro benzene ring substituents is 1. The molecule has 2 aromatic carbocycles. The number of sulfonamides is 1. The number of rotatable bonds is 6. The molecule has 1 heterocycles. The Morgan fingerprint density at radius 3 is 2.10 bits per heavy atom. The molecule has 0 radical (unpaired) electrons. The third-order valence-corrected chi connectivity index (χ3v) is 6.51. The van der Waals surface area contributed by atoms with Crippen LogP contribution in [-0.4, -0.2) is 31.9 Å². The summed E-state index contributed by atoms with van der Waals surface area (Å²) in [5.74, 6) is 0.465. The average molecular weight is 456 g/mol. The first-order valence-corrected chi connectivity index (χ1v) is 10.2. The maximum Gasteiger partial charge on any atom is 0.550 e. The summed E-state index contributed by atoms with van der Waals surface area (Å²) in [7, 11) is -5.69. The Morgan fingerprint density at radius 2 is 1.61 bits per heavy atom. The molecule has 0 aliphatic carbocycles. The minimum atomic E-state index is -5.69. The first-order chi connectivity index (χ1) is 14.5. The second-order valence-electron chi connectivity index (χ2n) is 6.56. The molecule has 31 heavy (non-hydrogen) atoms. The molecule has 1 unspecified atom stereocenters. The Hall–Kier alpha value is -3.22. The highest BCUT2D eigenvalue weighted by molar-refractivity contribution is 7.91. The summed E-state index contributed by atoms with van der Waals surface area (Å²) in [5.41, 5.74) is -0.0120. The van der Waals surface area contributed by atoms with Crippen LogP contribution < -0.4 is 14.4 Å². The Balaban J connectivity index is 1.98. The number of alkyl halides is 3. The standard InChI is InChI=1S/C19H17F3N3O5S/c20-19(21,22)31(28,29)25(11-1-2-14(12-23)13-25)16-5-9-18(10-6-16)30-17-7-3-15(4-8-17)24(26)27/h1-10,13H,11-12,23H2/q+1. The molecule has 0 spiro atoms. The van der Waals surface area contributed by atoms with Gasteiger partial charge < -0.3 is 10.5 Å². The van der Waals surface area contributed by atoms with Gasteiger partial charge in [0.05, 0.1) is 4.92 Å². The predicted octanol–water partition coefficient (Wildman–Crippen LogP) is 3.96. The van der Waals surface area contributed by atoms with Crippen molar-refractivity contribution >= 4 is 21.4 Å². The van der Waals surface area contributed by atoms with E-state index in [0.29, 0.717) is 0 Å². The minimum Gasteiger partial charge on any atom is -0.457 e. The number of non-ortho nitro benzene ring substituents is 1. The molecule has 0 bridgehead atoms. The van der Waals surface area contributed by atoms with Gasteiger partial charge in [0.15, 0.2) is 5.69 Å². The molecule has 0 amide bonds. The quantitative estimate of drug-likeness (QED) is 0.400. The lowest BCUT2D eigenvalue weighted by atomic mass is 10.2. The maximum atomic E-state index is 13.5. The number of nitrogens with zero attached hydrogens (tertiary/aromatic N) is 2. The van der Waals surface area contributed by atoms with Crippen LogP contribution in [0.1, 0.15) is 0 Å². The van der Waals surface area contributed by atoms with E-state index in [1.807, 2.05) is 0 Å². The Bertz CT molecular complexity index is 1140. The van der Waals surface area contributed by atoms with Crippen LogP contribution in [-0.2, 0) is 10.0 Å². The van der Waals surface area contributed by atoms with E-state index in [4.69, 9.17) is 10.5 Å². The normalized spacial score (nSPS) is 19.0. The third-order valence-electron chi connectivity index (χ3n) is 4.60. The number of hydrogen-bond donors (Lipinski definition) is 1. The van der Waals surface area contributed by atoms with Gasteiger partial charge in [0.1, 0.15) is 24.2 Å². The van der Waals surface area contributed by atoms with E-state index in [9.17, 15) is 31.7 Å². The zero-order chi connectivity index (χ0) is 22.9. The highest BCUT2D eigenvalue weighted by Crippen LogP contribution is 2.40. The molecule has 2 N–H and O–H groups in total. The zero-order valence-electron chi connectivity index (χ0n) is 15.8. The van der Waals surface area contributed by atoms with E-state index in [2.05, 4.69) is 0 Å². The van der Waals surface area contributed by atoms with E-state index in [-0.39, 0.29) is 35.0 Å². The number of hydrogen-bond acceptors (Lipinski definition) is 6. The summed E-state index contributed by atoms with van der Waals surface area (Å²) in [5, 5.41) is 10.7. The number of ether oxygens (including phenoxy) is 1. The minimum absolute atomic E-state index is 0.132. The highest BCUT2D eigenvalue weighted by Gasteiger charge is 2.61. The molecule has 0 aromatic heterocycles.